The zero-order valence-electron chi connectivity index (χ0n) is 21.8. The Bertz CT molecular complexity index is 585. The van der Waals surface area contributed by atoms with E-state index < -0.39 is 54.9 Å². The Balaban J connectivity index is 2.72. The molecule has 206 valence electrons. The topological polar surface area (TPSA) is 143 Å². The van der Waals surface area contributed by atoms with E-state index in [-0.39, 0.29) is 12.8 Å². The van der Waals surface area contributed by atoms with Crippen molar-refractivity contribution < 1.29 is 44.2 Å². The number of hydrogen-bond acceptors (Lipinski definition) is 8. The van der Waals surface area contributed by atoms with Gasteiger partial charge in [-0.05, 0) is 26.2 Å². The van der Waals surface area contributed by atoms with Gasteiger partial charge in [0.1, 0.15) is 24.4 Å². The molecule has 7 atom stereocenters. The molecule has 1 aliphatic rings. The number of carboxylic acid groups (broad SMARTS) is 1. The lowest BCUT2D eigenvalue weighted by Gasteiger charge is -2.40. The van der Waals surface area contributed by atoms with E-state index in [9.17, 15) is 30.0 Å². The number of unbranched alkanes of at least 4 members (excludes halogenated alkanes) is 8. The van der Waals surface area contributed by atoms with E-state index in [1.807, 2.05) is 0 Å². The first kappa shape index (κ1) is 31.8. The third kappa shape index (κ3) is 13.0. The van der Waals surface area contributed by atoms with Crippen LogP contribution in [0.1, 0.15) is 111 Å². The van der Waals surface area contributed by atoms with E-state index >= 15 is 0 Å². The summed E-state index contributed by atoms with van der Waals surface area (Å²) in [5.41, 5.74) is 0. The van der Waals surface area contributed by atoms with Crippen LogP contribution in [0.3, 0.4) is 0 Å². The Kier molecular flexibility index (Phi) is 16.4. The summed E-state index contributed by atoms with van der Waals surface area (Å²) in [5.74, 6) is -1.57. The summed E-state index contributed by atoms with van der Waals surface area (Å²) in [6, 6.07) is 0. The van der Waals surface area contributed by atoms with Crippen molar-refractivity contribution in [1.29, 1.82) is 0 Å². The molecule has 1 saturated heterocycles. The lowest BCUT2D eigenvalue weighted by Crippen LogP contribution is -2.58. The largest absolute Gasteiger partial charge is 0.481 e. The van der Waals surface area contributed by atoms with Crippen LogP contribution in [-0.4, -0.2) is 75.3 Å². The summed E-state index contributed by atoms with van der Waals surface area (Å²) in [5, 5.41) is 39.5. The molecule has 4 N–H and O–H groups in total. The van der Waals surface area contributed by atoms with Crippen LogP contribution in [0.2, 0.25) is 0 Å². The fourth-order valence-corrected chi connectivity index (χ4v) is 4.30. The maximum absolute atomic E-state index is 12.7. The fourth-order valence-electron chi connectivity index (χ4n) is 4.30. The van der Waals surface area contributed by atoms with Crippen molar-refractivity contribution in [1.82, 2.24) is 0 Å². The number of rotatable bonds is 19. The normalized spacial score (nSPS) is 26.3. The van der Waals surface area contributed by atoms with Gasteiger partial charge in [0, 0.05) is 0 Å². The minimum atomic E-state index is -1.46. The standard InChI is InChI=1S/C26H48O9/c1-4-6-8-10-12-14-19(16-21(27)28)34-22(29)17-20(15-13-11-9-7-5-2)35-26-25(32)24(31)23(30)18(3)33-26/h18-20,23-26,30-32H,4-17H2,1-3H3,(H,27,28)/t18-,19?,20?,23-,24+,25+,26?/m0/s1. The monoisotopic (exact) mass is 504 g/mol. The van der Waals surface area contributed by atoms with Gasteiger partial charge >= 0.3 is 11.9 Å². The van der Waals surface area contributed by atoms with Gasteiger partial charge in [-0.25, -0.2) is 0 Å². The van der Waals surface area contributed by atoms with E-state index in [1.165, 1.54) is 0 Å². The van der Waals surface area contributed by atoms with E-state index in [1.54, 1.807) is 6.92 Å². The van der Waals surface area contributed by atoms with Crippen molar-refractivity contribution in [2.24, 2.45) is 0 Å². The predicted molar refractivity (Wildman–Crippen MR) is 131 cm³/mol. The lowest BCUT2D eigenvalue weighted by atomic mass is 9.99. The van der Waals surface area contributed by atoms with Crippen LogP contribution in [0.15, 0.2) is 0 Å². The zero-order valence-corrected chi connectivity index (χ0v) is 21.8. The smallest absolute Gasteiger partial charge is 0.308 e. The first-order valence-electron chi connectivity index (χ1n) is 13.5. The molecular weight excluding hydrogens is 456 g/mol. The number of ether oxygens (including phenoxy) is 3. The summed E-state index contributed by atoms with van der Waals surface area (Å²) in [7, 11) is 0. The molecule has 0 aromatic heterocycles. The second kappa shape index (κ2) is 18.1. The van der Waals surface area contributed by atoms with Gasteiger partial charge in [0.15, 0.2) is 6.29 Å². The van der Waals surface area contributed by atoms with Gasteiger partial charge in [-0.15, -0.1) is 0 Å². The van der Waals surface area contributed by atoms with Crippen LogP contribution in [-0.2, 0) is 23.8 Å². The van der Waals surface area contributed by atoms with Crippen LogP contribution in [0.5, 0.6) is 0 Å². The predicted octanol–water partition coefficient (Wildman–Crippen LogP) is 3.70. The molecule has 35 heavy (non-hydrogen) atoms. The first-order chi connectivity index (χ1) is 16.7. The van der Waals surface area contributed by atoms with Crippen LogP contribution in [0.25, 0.3) is 0 Å². The van der Waals surface area contributed by atoms with Gasteiger partial charge in [-0.2, -0.15) is 0 Å². The zero-order chi connectivity index (χ0) is 26.2. The van der Waals surface area contributed by atoms with Crippen molar-refractivity contribution in [3.63, 3.8) is 0 Å². The number of carbonyl (C=O) groups excluding carboxylic acids is 1. The molecule has 0 aromatic rings. The van der Waals surface area contributed by atoms with E-state index in [2.05, 4.69) is 13.8 Å². The average Bonchev–Trinajstić information content (AvgIpc) is 2.80. The Morgan fingerprint density at radius 1 is 0.771 bits per heavy atom. The van der Waals surface area contributed by atoms with Crippen LogP contribution < -0.4 is 0 Å². The van der Waals surface area contributed by atoms with Crippen molar-refractivity contribution >= 4 is 11.9 Å². The van der Waals surface area contributed by atoms with E-state index in [0.717, 1.165) is 64.2 Å². The number of carboxylic acids is 1. The summed E-state index contributed by atoms with van der Waals surface area (Å²) in [4.78, 5) is 24.0. The highest BCUT2D eigenvalue weighted by Gasteiger charge is 2.43. The molecule has 0 spiro atoms. The summed E-state index contributed by atoms with van der Waals surface area (Å²) < 4.78 is 17.0. The first-order valence-corrected chi connectivity index (χ1v) is 13.5. The molecular formula is C26H48O9. The van der Waals surface area contributed by atoms with E-state index in [4.69, 9.17) is 14.2 Å². The summed E-state index contributed by atoms with van der Waals surface area (Å²) >= 11 is 0. The molecule has 3 unspecified atom stereocenters. The Morgan fingerprint density at radius 3 is 1.86 bits per heavy atom. The van der Waals surface area contributed by atoms with Gasteiger partial charge in [-0.3, -0.25) is 9.59 Å². The molecule has 0 saturated carbocycles. The molecule has 0 amide bonds. The number of aliphatic hydroxyl groups excluding tert-OH is 3. The van der Waals surface area contributed by atoms with Crippen LogP contribution in [0, 0.1) is 0 Å². The van der Waals surface area contributed by atoms with Gasteiger partial charge in [-0.1, -0.05) is 71.6 Å². The molecule has 0 aliphatic carbocycles. The van der Waals surface area contributed by atoms with Gasteiger partial charge in [0.25, 0.3) is 0 Å². The number of esters is 1. The maximum Gasteiger partial charge on any atom is 0.308 e. The Morgan fingerprint density at radius 2 is 1.31 bits per heavy atom. The van der Waals surface area contributed by atoms with Crippen molar-refractivity contribution in [3.8, 4) is 0 Å². The van der Waals surface area contributed by atoms with Gasteiger partial charge < -0.3 is 34.6 Å². The number of aliphatic carboxylic acids is 1. The molecule has 1 fully saturated rings. The van der Waals surface area contributed by atoms with Crippen molar-refractivity contribution in [2.45, 2.75) is 154 Å². The van der Waals surface area contributed by atoms with Crippen LogP contribution >= 0.6 is 0 Å². The number of aliphatic hydroxyl groups is 3. The van der Waals surface area contributed by atoms with Gasteiger partial charge in [0.05, 0.1) is 25.0 Å². The minimum Gasteiger partial charge on any atom is -0.481 e. The second-order valence-corrected chi connectivity index (χ2v) is 9.76. The molecule has 0 radical (unpaired) electrons. The Hall–Kier alpha value is -1.26. The van der Waals surface area contributed by atoms with Crippen molar-refractivity contribution in [2.75, 3.05) is 0 Å². The third-order valence-electron chi connectivity index (χ3n) is 6.49. The SMILES string of the molecule is CCCCCCCC(CC(=O)O)OC(=O)CC(CCCCCCC)OC1O[C@@H](C)[C@H](O)[C@@H](O)[C@H]1O. The second-order valence-electron chi connectivity index (χ2n) is 9.76. The minimum absolute atomic E-state index is 0.112. The average molecular weight is 505 g/mol. The van der Waals surface area contributed by atoms with Crippen molar-refractivity contribution in [3.05, 3.63) is 0 Å². The molecule has 9 heteroatoms. The van der Waals surface area contributed by atoms with Crippen LogP contribution in [0.4, 0.5) is 0 Å². The molecule has 0 bridgehead atoms. The highest BCUT2D eigenvalue weighted by molar-refractivity contribution is 5.72. The molecule has 1 heterocycles. The number of carbonyl (C=O) groups is 2. The number of hydrogen-bond donors (Lipinski definition) is 4. The van der Waals surface area contributed by atoms with E-state index in [0.29, 0.717) is 12.8 Å². The fraction of sp³-hybridized carbons (Fsp3) is 0.923. The highest BCUT2D eigenvalue weighted by atomic mass is 16.7. The lowest BCUT2D eigenvalue weighted by molar-refractivity contribution is -0.304. The molecule has 1 rings (SSSR count). The van der Waals surface area contributed by atoms with Gasteiger partial charge in [0.2, 0.25) is 0 Å². The summed E-state index contributed by atoms with van der Waals surface area (Å²) in [6.07, 6.45) is 3.42. The maximum atomic E-state index is 12.7. The summed E-state index contributed by atoms with van der Waals surface area (Å²) in [6.45, 7) is 5.82. The highest BCUT2D eigenvalue weighted by Crippen LogP contribution is 2.25. The third-order valence-corrected chi connectivity index (χ3v) is 6.49. The Labute approximate surface area is 210 Å². The molecule has 1 aliphatic heterocycles. The molecule has 9 nitrogen and oxygen atoms in total. The molecule has 0 aromatic carbocycles. The quantitative estimate of drug-likeness (QED) is 0.153.